The van der Waals surface area contributed by atoms with Gasteiger partial charge in [0.25, 0.3) is 0 Å². The van der Waals surface area contributed by atoms with Crippen molar-refractivity contribution in [2.45, 2.75) is 45.4 Å². The van der Waals surface area contributed by atoms with Crippen molar-refractivity contribution >= 4 is 23.3 Å². The predicted molar refractivity (Wildman–Crippen MR) is 103 cm³/mol. The van der Waals surface area contributed by atoms with E-state index < -0.39 is 6.03 Å². The Labute approximate surface area is 154 Å². The number of hydrogen-bond acceptors (Lipinski definition) is 2. The van der Waals surface area contributed by atoms with Crippen LogP contribution in [0.5, 0.6) is 0 Å². The number of allylic oxidation sites excluding steroid dienone is 1. The number of nitrogens with two attached hydrogens (primary N) is 1. The second-order valence-electron chi connectivity index (χ2n) is 8.58. The van der Waals surface area contributed by atoms with Gasteiger partial charge in [0.2, 0.25) is 5.91 Å². The van der Waals surface area contributed by atoms with Gasteiger partial charge in [-0.15, -0.1) is 0 Å². The van der Waals surface area contributed by atoms with E-state index in [-0.39, 0.29) is 11.3 Å². The summed E-state index contributed by atoms with van der Waals surface area (Å²) >= 11 is 0. The number of urea groups is 1. The van der Waals surface area contributed by atoms with Crippen LogP contribution in [-0.2, 0) is 4.79 Å². The summed E-state index contributed by atoms with van der Waals surface area (Å²) in [5, 5.41) is 5.43. The molecule has 4 saturated carbocycles. The number of primary amides is 1. The molecule has 1 aromatic rings. The highest BCUT2D eigenvalue weighted by atomic mass is 16.2. The van der Waals surface area contributed by atoms with Crippen molar-refractivity contribution in [3.63, 3.8) is 0 Å². The zero-order chi connectivity index (χ0) is 18.3. The van der Waals surface area contributed by atoms with E-state index in [2.05, 4.69) is 17.6 Å². The molecule has 0 unspecified atom stereocenters. The summed E-state index contributed by atoms with van der Waals surface area (Å²) in [6.07, 6.45) is 9.77. The van der Waals surface area contributed by atoms with Crippen molar-refractivity contribution in [2.75, 3.05) is 10.6 Å². The highest BCUT2D eigenvalue weighted by Gasteiger charge is 2.51. The Morgan fingerprint density at radius 1 is 1.04 bits per heavy atom. The Hall–Kier alpha value is -2.30. The van der Waals surface area contributed by atoms with Crippen LogP contribution in [0.15, 0.2) is 35.9 Å². The first kappa shape index (κ1) is 17.1. The van der Waals surface area contributed by atoms with Crippen molar-refractivity contribution in [3.8, 4) is 0 Å². The molecule has 5 nitrogen and oxygen atoms in total. The van der Waals surface area contributed by atoms with Crippen molar-refractivity contribution in [3.05, 3.63) is 35.9 Å². The van der Waals surface area contributed by atoms with Crippen LogP contribution < -0.4 is 16.4 Å². The lowest BCUT2D eigenvalue weighted by Gasteiger charge is -2.57. The number of rotatable bonds is 4. The summed E-state index contributed by atoms with van der Waals surface area (Å²) in [6.45, 7) is 2.14. The minimum Gasteiger partial charge on any atom is -0.351 e. The van der Waals surface area contributed by atoms with Gasteiger partial charge in [-0.25, -0.2) is 4.79 Å². The second-order valence-corrected chi connectivity index (χ2v) is 8.58. The number of benzene rings is 1. The topological polar surface area (TPSA) is 84.2 Å². The van der Waals surface area contributed by atoms with Gasteiger partial charge in [-0.2, -0.15) is 0 Å². The third-order valence-corrected chi connectivity index (χ3v) is 6.62. The lowest BCUT2D eigenvalue weighted by atomic mass is 9.48. The van der Waals surface area contributed by atoms with E-state index in [1.54, 1.807) is 30.3 Å². The molecule has 0 atom stereocenters. The molecule has 0 aromatic heterocycles. The van der Waals surface area contributed by atoms with E-state index in [0.717, 1.165) is 17.8 Å². The average molecular weight is 353 g/mol. The maximum Gasteiger partial charge on any atom is 0.316 e. The summed E-state index contributed by atoms with van der Waals surface area (Å²) in [7, 11) is 0. The molecule has 4 aliphatic rings. The Morgan fingerprint density at radius 3 is 2.12 bits per heavy atom. The van der Waals surface area contributed by atoms with Crippen molar-refractivity contribution in [1.82, 2.24) is 0 Å². The van der Waals surface area contributed by atoms with Gasteiger partial charge in [-0.1, -0.05) is 11.6 Å². The largest absolute Gasteiger partial charge is 0.351 e. The Balaban J connectivity index is 1.46. The summed E-state index contributed by atoms with van der Waals surface area (Å²) in [4.78, 5) is 23.5. The molecule has 26 heavy (non-hydrogen) atoms. The van der Waals surface area contributed by atoms with Gasteiger partial charge in [-0.3, -0.25) is 4.79 Å². The maximum atomic E-state index is 12.5. The van der Waals surface area contributed by atoms with Crippen LogP contribution in [-0.4, -0.2) is 11.9 Å². The second kappa shape index (κ2) is 6.45. The van der Waals surface area contributed by atoms with Crippen LogP contribution in [0.4, 0.5) is 16.2 Å². The van der Waals surface area contributed by atoms with Gasteiger partial charge >= 0.3 is 6.03 Å². The van der Waals surface area contributed by atoms with E-state index in [4.69, 9.17) is 5.73 Å². The van der Waals surface area contributed by atoms with E-state index in [1.165, 1.54) is 44.1 Å². The lowest BCUT2D eigenvalue weighted by molar-refractivity contribution is -0.112. The first-order valence-corrected chi connectivity index (χ1v) is 9.58. The number of nitrogens with one attached hydrogen (secondary N) is 2. The number of amides is 3. The van der Waals surface area contributed by atoms with E-state index in [1.807, 2.05) is 0 Å². The fourth-order valence-corrected chi connectivity index (χ4v) is 5.94. The molecule has 5 rings (SSSR count). The van der Waals surface area contributed by atoms with E-state index in [0.29, 0.717) is 11.4 Å². The van der Waals surface area contributed by atoms with Gasteiger partial charge in [0.1, 0.15) is 0 Å². The number of carbonyl (C=O) groups excluding carboxylic acids is 2. The van der Waals surface area contributed by atoms with Crippen LogP contribution in [0.25, 0.3) is 0 Å². The molecule has 0 spiro atoms. The zero-order valence-electron chi connectivity index (χ0n) is 15.3. The monoisotopic (exact) mass is 353 g/mol. The summed E-state index contributed by atoms with van der Waals surface area (Å²) in [6, 6.07) is 6.40. The quantitative estimate of drug-likeness (QED) is 0.706. The maximum absolute atomic E-state index is 12.5. The smallest absolute Gasteiger partial charge is 0.316 e. The highest BCUT2D eigenvalue weighted by Crippen LogP contribution is 2.62. The first-order valence-electron chi connectivity index (χ1n) is 9.58. The van der Waals surface area contributed by atoms with Gasteiger partial charge in [0, 0.05) is 17.5 Å². The summed E-state index contributed by atoms with van der Waals surface area (Å²) in [5.41, 5.74) is 7.84. The Kier molecular flexibility index (Phi) is 4.25. The third kappa shape index (κ3) is 3.35. The average Bonchev–Trinajstić information content (AvgIpc) is 2.53. The number of anilines is 2. The lowest BCUT2D eigenvalue weighted by Crippen LogP contribution is -2.46. The molecule has 4 aliphatic carbocycles. The minimum atomic E-state index is -0.619. The molecule has 3 amide bonds. The Bertz CT molecular complexity index is 733. The molecule has 4 N–H and O–H groups in total. The van der Waals surface area contributed by atoms with Gasteiger partial charge in [0.15, 0.2) is 0 Å². The van der Waals surface area contributed by atoms with Crippen LogP contribution in [0.2, 0.25) is 0 Å². The molecular formula is C21H27N3O2. The summed E-state index contributed by atoms with van der Waals surface area (Å²) < 4.78 is 0. The van der Waals surface area contributed by atoms with E-state index in [9.17, 15) is 9.59 Å². The molecule has 5 heteroatoms. The number of carbonyl (C=O) groups is 2. The van der Waals surface area contributed by atoms with Gasteiger partial charge in [-0.05, 0) is 86.8 Å². The number of hydrogen-bond donors (Lipinski definition) is 3. The van der Waals surface area contributed by atoms with Crippen molar-refractivity contribution in [1.29, 1.82) is 0 Å². The molecule has 4 fully saturated rings. The molecule has 4 bridgehead atoms. The molecular weight excluding hydrogens is 326 g/mol. The van der Waals surface area contributed by atoms with Crippen LogP contribution in [0.3, 0.4) is 0 Å². The van der Waals surface area contributed by atoms with Gasteiger partial charge < -0.3 is 16.4 Å². The first-order chi connectivity index (χ1) is 12.4. The van der Waals surface area contributed by atoms with Crippen LogP contribution in [0.1, 0.15) is 45.4 Å². The third-order valence-electron chi connectivity index (χ3n) is 6.62. The molecule has 0 saturated heterocycles. The predicted octanol–water partition coefficient (Wildman–Crippen LogP) is 4.28. The molecule has 1 aromatic carbocycles. The van der Waals surface area contributed by atoms with Crippen LogP contribution >= 0.6 is 0 Å². The fraction of sp³-hybridized carbons (Fsp3) is 0.524. The van der Waals surface area contributed by atoms with Crippen LogP contribution in [0, 0.1) is 23.2 Å². The highest BCUT2D eigenvalue weighted by molar-refractivity contribution is 6.00. The van der Waals surface area contributed by atoms with Crippen molar-refractivity contribution < 1.29 is 9.59 Å². The van der Waals surface area contributed by atoms with Crippen molar-refractivity contribution in [2.24, 2.45) is 28.9 Å². The SMILES string of the molecule is CC(=CC(=O)Nc1cccc(NC(N)=O)c1)C12CC3CC(CC(C3)C1)C2. The molecule has 138 valence electrons. The molecule has 0 radical (unpaired) electrons. The summed E-state index contributed by atoms with van der Waals surface area (Å²) in [5.74, 6) is 2.49. The van der Waals surface area contributed by atoms with E-state index >= 15 is 0 Å². The minimum absolute atomic E-state index is 0.102. The molecule has 0 aliphatic heterocycles. The van der Waals surface area contributed by atoms with Gasteiger partial charge in [0.05, 0.1) is 0 Å². The molecule has 0 heterocycles. The normalized spacial score (nSPS) is 32.3. The standard InChI is InChI=1S/C21H27N3O2/c1-13(21-10-14-6-15(11-21)8-16(7-14)12-21)5-19(25)23-17-3-2-4-18(9-17)24-20(22)26/h2-5,9,14-16H,6-8,10-12H2,1H3,(H,23,25)(H3,22,24,26). The fourth-order valence-electron chi connectivity index (χ4n) is 5.94. The zero-order valence-corrected chi connectivity index (χ0v) is 15.3. The Morgan fingerprint density at radius 2 is 1.58 bits per heavy atom.